The average molecular weight is 419 g/mol. The Bertz CT molecular complexity index is 969. The van der Waals surface area contributed by atoms with Gasteiger partial charge < -0.3 is 14.8 Å². The molecule has 1 heterocycles. The number of aryl methyl sites for hydroxylation is 1. The quantitative estimate of drug-likeness (QED) is 0.743. The van der Waals surface area contributed by atoms with Crippen molar-refractivity contribution in [1.29, 1.82) is 0 Å². The molecule has 2 aromatic rings. The second-order valence-corrected chi connectivity index (χ2v) is 8.74. The first-order chi connectivity index (χ1) is 13.9. The Hall–Kier alpha value is -2.42. The Labute approximate surface area is 171 Å². The van der Waals surface area contributed by atoms with E-state index >= 15 is 0 Å². The Kier molecular flexibility index (Phi) is 6.89. The van der Waals surface area contributed by atoms with Crippen molar-refractivity contribution in [1.82, 2.24) is 9.62 Å². The lowest BCUT2D eigenvalue weighted by Gasteiger charge is -2.26. The van der Waals surface area contributed by atoms with Crippen molar-refractivity contribution in [2.24, 2.45) is 0 Å². The standard InChI is InChI=1S/C21H26N2O5S/c1-16-7-8-19(27-2)17(15-16)9-10-22-21(24)18-5-3-4-6-20(18)29(25,26)23-11-13-28-14-12-23/h3-8,15H,9-14H2,1-2H3,(H,22,24). The van der Waals surface area contributed by atoms with Gasteiger partial charge in [0.25, 0.3) is 5.91 Å². The van der Waals surface area contributed by atoms with Crippen LogP contribution in [0.4, 0.5) is 0 Å². The highest BCUT2D eigenvalue weighted by Gasteiger charge is 2.29. The van der Waals surface area contributed by atoms with Crippen molar-refractivity contribution in [3.63, 3.8) is 0 Å². The van der Waals surface area contributed by atoms with Crippen LogP contribution in [0.25, 0.3) is 0 Å². The van der Waals surface area contributed by atoms with Crippen molar-refractivity contribution in [3.05, 3.63) is 59.2 Å². The Morgan fingerprint density at radius 3 is 2.62 bits per heavy atom. The summed E-state index contributed by atoms with van der Waals surface area (Å²) in [4.78, 5) is 12.8. The summed E-state index contributed by atoms with van der Waals surface area (Å²) in [5.74, 6) is 0.351. The fourth-order valence-electron chi connectivity index (χ4n) is 3.31. The number of hydrogen-bond acceptors (Lipinski definition) is 5. The zero-order valence-corrected chi connectivity index (χ0v) is 17.5. The fraction of sp³-hybridized carbons (Fsp3) is 0.381. The molecule has 0 bridgehead atoms. The number of ether oxygens (including phenoxy) is 2. The maximum atomic E-state index is 13.0. The lowest BCUT2D eigenvalue weighted by atomic mass is 10.1. The van der Waals surface area contributed by atoms with Crippen LogP contribution >= 0.6 is 0 Å². The van der Waals surface area contributed by atoms with Gasteiger partial charge in [-0.15, -0.1) is 0 Å². The highest BCUT2D eigenvalue weighted by molar-refractivity contribution is 7.89. The van der Waals surface area contributed by atoms with Crippen LogP contribution in [-0.4, -0.2) is 58.6 Å². The van der Waals surface area contributed by atoms with Crippen molar-refractivity contribution in [2.75, 3.05) is 40.0 Å². The number of rotatable bonds is 7. The molecular formula is C21H26N2O5S. The molecule has 0 aliphatic carbocycles. The zero-order chi connectivity index (χ0) is 20.9. The van der Waals surface area contributed by atoms with E-state index in [2.05, 4.69) is 5.32 Å². The van der Waals surface area contributed by atoms with Gasteiger partial charge in [-0.3, -0.25) is 4.79 Å². The number of amides is 1. The normalized spacial score (nSPS) is 15.1. The molecule has 8 heteroatoms. The number of carbonyl (C=O) groups is 1. The highest BCUT2D eigenvalue weighted by Crippen LogP contribution is 2.22. The summed E-state index contributed by atoms with van der Waals surface area (Å²) in [6, 6.07) is 12.2. The summed E-state index contributed by atoms with van der Waals surface area (Å²) in [7, 11) is -2.15. The molecule has 0 unspecified atom stereocenters. The summed E-state index contributed by atoms with van der Waals surface area (Å²) in [6.45, 7) is 3.63. The van der Waals surface area contributed by atoms with Crippen molar-refractivity contribution in [2.45, 2.75) is 18.2 Å². The average Bonchev–Trinajstić information content (AvgIpc) is 2.74. The van der Waals surface area contributed by atoms with E-state index < -0.39 is 15.9 Å². The van der Waals surface area contributed by atoms with E-state index in [4.69, 9.17) is 9.47 Å². The lowest BCUT2D eigenvalue weighted by Crippen LogP contribution is -2.41. The van der Waals surface area contributed by atoms with Crippen LogP contribution in [0.2, 0.25) is 0 Å². The SMILES string of the molecule is COc1ccc(C)cc1CCNC(=O)c1ccccc1S(=O)(=O)N1CCOCC1. The summed E-state index contributed by atoms with van der Waals surface area (Å²) < 4.78 is 38.0. The first-order valence-electron chi connectivity index (χ1n) is 9.52. The summed E-state index contributed by atoms with van der Waals surface area (Å²) in [6.07, 6.45) is 0.578. The summed E-state index contributed by atoms with van der Waals surface area (Å²) in [5.41, 5.74) is 2.24. The topological polar surface area (TPSA) is 84.9 Å². The van der Waals surface area contributed by atoms with Gasteiger partial charge in [0.2, 0.25) is 10.0 Å². The molecule has 2 aromatic carbocycles. The summed E-state index contributed by atoms with van der Waals surface area (Å²) >= 11 is 0. The fourth-order valence-corrected chi connectivity index (χ4v) is 4.91. The minimum atomic E-state index is -3.76. The van der Waals surface area contributed by atoms with E-state index in [1.165, 1.54) is 16.4 Å². The van der Waals surface area contributed by atoms with E-state index in [1.54, 1.807) is 19.2 Å². The van der Waals surface area contributed by atoms with Crippen LogP contribution in [0.5, 0.6) is 5.75 Å². The molecule has 1 aliphatic heterocycles. The second-order valence-electron chi connectivity index (χ2n) is 6.83. The third-order valence-electron chi connectivity index (χ3n) is 4.84. The second kappa shape index (κ2) is 9.39. The smallest absolute Gasteiger partial charge is 0.252 e. The van der Waals surface area contributed by atoms with Crippen LogP contribution in [0.1, 0.15) is 21.5 Å². The van der Waals surface area contributed by atoms with Crippen molar-refractivity contribution < 1.29 is 22.7 Å². The summed E-state index contributed by atoms with van der Waals surface area (Å²) in [5, 5.41) is 2.83. The minimum Gasteiger partial charge on any atom is -0.496 e. The largest absolute Gasteiger partial charge is 0.496 e. The van der Waals surface area contributed by atoms with Gasteiger partial charge in [-0.05, 0) is 37.1 Å². The molecule has 0 atom stereocenters. The minimum absolute atomic E-state index is 0.0209. The molecule has 1 fully saturated rings. The molecular weight excluding hydrogens is 392 g/mol. The van der Waals surface area contributed by atoms with Gasteiger partial charge >= 0.3 is 0 Å². The molecule has 7 nitrogen and oxygen atoms in total. The number of benzene rings is 2. The third-order valence-corrected chi connectivity index (χ3v) is 6.79. The molecule has 1 saturated heterocycles. The predicted molar refractivity (Wildman–Crippen MR) is 110 cm³/mol. The Balaban J connectivity index is 1.73. The van der Waals surface area contributed by atoms with Crippen LogP contribution < -0.4 is 10.1 Å². The van der Waals surface area contributed by atoms with Crippen LogP contribution in [0, 0.1) is 6.92 Å². The number of nitrogens with one attached hydrogen (secondary N) is 1. The monoisotopic (exact) mass is 418 g/mol. The van der Waals surface area contributed by atoms with Gasteiger partial charge in [0.15, 0.2) is 0 Å². The molecule has 0 spiro atoms. The maximum absolute atomic E-state index is 13.0. The lowest BCUT2D eigenvalue weighted by molar-refractivity contribution is 0.0730. The third kappa shape index (κ3) is 4.95. The number of carbonyl (C=O) groups excluding carboxylic acids is 1. The first-order valence-corrected chi connectivity index (χ1v) is 11.0. The van der Waals surface area contributed by atoms with Crippen LogP contribution in [0.15, 0.2) is 47.4 Å². The molecule has 156 valence electrons. The molecule has 29 heavy (non-hydrogen) atoms. The van der Waals surface area contributed by atoms with Gasteiger partial charge in [0.05, 0.1) is 30.8 Å². The Morgan fingerprint density at radius 1 is 1.17 bits per heavy atom. The first kappa shape index (κ1) is 21.3. The predicted octanol–water partition coefficient (Wildman–Crippen LogP) is 2.00. The maximum Gasteiger partial charge on any atom is 0.252 e. The van der Waals surface area contributed by atoms with Crippen molar-refractivity contribution in [3.8, 4) is 5.75 Å². The number of morpholine rings is 1. The highest BCUT2D eigenvalue weighted by atomic mass is 32.2. The zero-order valence-electron chi connectivity index (χ0n) is 16.7. The number of methoxy groups -OCH3 is 1. The number of nitrogens with zero attached hydrogens (tertiary/aromatic N) is 1. The molecule has 1 N–H and O–H groups in total. The van der Waals surface area contributed by atoms with Gasteiger partial charge in [0.1, 0.15) is 5.75 Å². The molecule has 0 radical (unpaired) electrons. The van der Waals surface area contributed by atoms with Gasteiger partial charge in [0, 0.05) is 19.6 Å². The van der Waals surface area contributed by atoms with E-state index in [1.807, 2.05) is 25.1 Å². The van der Waals surface area contributed by atoms with E-state index in [0.29, 0.717) is 26.2 Å². The van der Waals surface area contributed by atoms with Crippen LogP contribution in [-0.2, 0) is 21.2 Å². The molecule has 0 aromatic heterocycles. The van der Waals surface area contributed by atoms with E-state index in [-0.39, 0.29) is 23.5 Å². The molecule has 1 aliphatic rings. The van der Waals surface area contributed by atoms with E-state index in [9.17, 15) is 13.2 Å². The molecule has 3 rings (SSSR count). The Morgan fingerprint density at radius 2 is 1.90 bits per heavy atom. The van der Waals surface area contributed by atoms with Crippen molar-refractivity contribution >= 4 is 15.9 Å². The van der Waals surface area contributed by atoms with Gasteiger partial charge in [-0.25, -0.2) is 8.42 Å². The number of sulfonamides is 1. The van der Waals surface area contributed by atoms with E-state index in [0.717, 1.165) is 16.9 Å². The van der Waals surface area contributed by atoms with Crippen LogP contribution in [0.3, 0.4) is 0 Å². The molecule has 1 amide bonds. The van der Waals surface area contributed by atoms with Gasteiger partial charge in [-0.2, -0.15) is 4.31 Å². The number of hydrogen-bond donors (Lipinski definition) is 1. The molecule has 0 saturated carbocycles. The van der Waals surface area contributed by atoms with Gasteiger partial charge in [-0.1, -0.05) is 29.8 Å².